The fraction of sp³-hybridized carbons (Fsp3) is 0.429. The highest BCUT2D eigenvalue weighted by Gasteiger charge is 1.95. The molecule has 0 unspecified atom stereocenters. The number of hydrogen-bond donors (Lipinski definition) is 1. The molecule has 0 radical (unpaired) electrons. The Morgan fingerprint density at radius 1 is 1.12 bits per heavy atom. The van der Waals surface area contributed by atoms with E-state index in [0.717, 1.165) is 5.69 Å². The molecule has 0 aliphatic heterocycles. The van der Waals surface area contributed by atoms with Crippen molar-refractivity contribution in [2.24, 2.45) is 0 Å². The number of allylic oxidation sites excluding steroid dienone is 1. The van der Waals surface area contributed by atoms with Crippen LogP contribution in [-0.2, 0) is 0 Å². The van der Waals surface area contributed by atoms with Crippen molar-refractivity contribution in [2.75, 3.05) is 5.73 Å². The van der Waals surface area contributed by atoms with Gasteiger partial charge in [0.25, 0.3) is 0 Å². The molecule has 0 aromatic carbocycles. The summed E-state index contributed by atoms with van der Waals surface area (Å²) in [7, 11) is 0. The zero-order valence-corrected chi connectivity index (χ0v) is 12.1. The number of nitrogens with two attached hydrogens (primary N) is 1. The van der Waals surface area contributed by atoms with Gasteiger partial charge in [0.05, 0.1) is 11.4 Å². The van der Waals surface area contributed by atoms with E-state index in [1.54, 1.807) is 18.2 Å². The Labute approximate surface area is 106 Å². The van der Waals surface area contributed by atoms with Crippen LogP contribution in [0.5, 0.6) is 0 Å². The van der Waals surface area contributed by atoms with Gasteiger partial charge in [-0.15, -0.1) is 11.7 Å². The third kappa shape index (κ3) is 12.3. The quantitative estimate of drug-likeness (QED) is 0.743. The zero-order chi connectivity index (χ0) is 14.3. The predicted octanol–water partition coefficient (Wildman–Crippen LogP) is 4.25. The molecule has 98 valence electrons. The molecule has 1 aromatic heterocycles. The van der Waals surface area contributed by atoms with Gasteiger partial charge in [-0.05, 0) is 26.0 Å². The van der Waals surface area contributed by atoms with Crippen molar-refractivity contribution in [1.29, 1.82) is 0 Å². The van der Waals surface area contributed by atoms with Crippen LogP contribution in [0, 0.1) is 6.92 Å². The molecule has 1 rings (SSSR count). The van der Waals surface area contributed by atoms with Crippen LogP contribution in [0.2, 0.25) is 0 Å². The maximum absolute atomic E-state index is 5.56. The highest BCUT2D eigenvalue weighted by molar-refractivity contribution is 5.58. The number of nitrogen functional groups attached to an aromatic ring is 1. The standard InChI is InChI=1S/C7H9N3.C3H6.2C2H6/c1-3-7-6(8)4-5(2)9-10-7;1-3-2;2*1-2/h3-4H,1H2,2H3,(H2,8,9);3H,1H2,2H3;2*1-2H3. The molecule has 0 aliphatic rings. The number of aromatic nitrogens is 2. The summed E-state index contributed by atoms with van der Waals surface area (Å²) in [6.45, 7) is 18.6. The Morgan fingerprint density at radius 3 is 1.82 bits per heavy atom. The fourth-order valence-electron chi connectivity index (χ4n) is 0.677. The molecule has 0 atom stereocenters. The Hall–Kier alpha value is -1.64. The molecule has 17 heavy (non-hydrogen) atoms. The van der Waals surface area contributed by atoms with E-state index in [-0.39, 0.29) is 0 Å². The van der Waals surface area contributed by atoms with Crippen LogP contribution < -0.4 is 5.73 Å². The fourth-order valence-corrected chi connectivity index (χ4v) is 0.677. The summed E-state index contributed by atoms with van der Waals surface area (Å²) >= 11 is 0. The molecule has 0 bridgehead atoms. The predicted molar refractivity (Wildman–Crippen MR) is 79.8 cm³/mol. The van der Waals surface area contributed by atoms with Crippen molar-refractivity contribution in [3.05, 3.63) is 36.7 Å². The van der Waals surface area contributed by atoms with E-state index in [0.29, 0.717) is 11.4 Å². The molecule has 0 saturated heterocycles. The lowest BCUT2D eigenvalue weighted by Crippen LogP contribution is -1.96. The van der Waals surface area contributed by atoms with E-state index in [4.69, 9.17) is 5.73 Å². The topological polar surface area (TPSA) is 51.8 Å². The molecule has 0 spiro atoms. The van der Waals surface area contributed by atoms with Crippen molar-refractivity contribution in [2.45, 2.75) is 41.5 Å². The Balaban J connectivity index is -0.000000239. The van der Waals surface area contributed by atoms with E-state index in [1.807, 2.05) is 41.5 Å². The second kappa shape index (κ2) is 16.8. The molecule has 3 nitrogen and oxygen atoms in total. The summed E-state index contributed by atoms with van der Waals surface area (Å²) in [6, 6.07) is 1.77. The highest BCUT2D eigenvalue weighted by Crippen LogP contribution is 2.08. The normalized spacial score (nSPS) is 6.94. The monoisotopic (exact) mass is 237 g/mol. The van der Waals surface area contributed by atoms with Gasteiger partial charge < -0.3 is 5.73 Å². The van der Waals surface area contributed by atoms with E-state index in [1.165, 1.54) is 0 Å². The smallest absolute Gasteiger partial charge is 0.108 e. The van der Waals surface area contributed by atoms with Crippen molar-refractivity contribution < 1.29 is 0 Å². The SMILES string of the molecule is C=CC.C=Cc1nnc(C)cc1N.CC.CC. The van der Waals surface area contributed by atoms with Crippen LogP contribution in [0.15, 0.2) is 25.3 Å². The molecule has 0 aliphatic carbocycles. The second-order valence-electron chi connectivity index (χ2n) is 2.44. The molecule has 1 heterocycles. The summed E-state index contributed by atoms with van der Waals surface area (Å²) in [5.74, 6) is 0. The van der Waals surface area contributed by atoms with Crippen LogP contribution in [-0.4, -0.2) is 10.2 Å². The zero-order valence-electron chi connectivity index (χ0n) is 12.1. The highest BCUT2D eigenvalue weighted by atomic mass is 15.1. The first-order valence-electron chi connectivity index (χ1n) is 5.95. The van der Waals surface area contributed by atoms with Gasteiger partial charge in [-0.2, -0.15) is 5.10 Å². The van der Waals surface area contributed by atoms with E-state index in [2.05, 4.69) is 23.4 Å². The van der Waals surface area contributed by atoms with Gasteiger partial charge in [0.1, 0.15) is 5.69 Å². The van der Waals surface area contributed by atoms with Crippen molar-refractivity contribution >= 4 is 11.8 Å². The Kier molecular flexibility index (Phi) is 20.5. The molecular weight excluding hydrogens is 210 g/mol. The van der Waals surface area contributed by atoms with Crippen LogP contribution in [0.4, 0.5) is 5.69 Å². The first kappa shape index (κ1) is 20.7. The van der Waals surface area contributed by atoms with Crippen molar-refractivity contribution in [3.63, 3.8) is 0 Å². The first-order valence-corrected chi connectivity index (χ1v) is 5.95. The van der Waals surface area contributed by atoms with Crippen LogP contribution >= 0.6 is 0 Å². The lowest BCUT2D eigenvalue weighted by Gasteiger charge is -1.96. The second-order valence-corrected chi connectivity index (χ2v) is 2.44. The minimum atomic E-state index is 0.627. The van der Waals surface area contributed by atoms with Gasteiger partial charge in [-0.25, -0.2) is 0 Å². The van der Waals surface area contributed by atoms with Gasteiger partial charge in [-0.1, -0.05) is 40.3 Å². The minimum absolute atomic E-state index is 0.627. The van der Waals surface area contributed by atoms with Gasteiger partial charge in [0.2, 0.25) is 0 Å². The number of rotatable bonds is 1. The van der Waals surface area contributed by atoms with Gasteiger partial charge in [0, 0.05) is 0 Å². The largest absolute Gasteiger partial charge is 0.397 e. The third-order valence-electron chi connectivity index (χ3n) is 1.17. The Bertz CT molecular complexity index is 294. The molecule has 1 aromatic rings. The number of aryl methyl sites for hydroxylation is 1. The lowest BCUT2D eigenvalue weighted by atomic mass is 10.3. The van der Waals surface area contributed by atoms with Crippen LogP contribution in [0.3, 0.4) is 0 Å². The average molecular weight is 237 g/mol. The summed E-state index contributed by atoms with van der Waals surface area (Å²) in [6.07, 6.45) is 3.34. The lowest BCUT2D eigenvalue weighted by molar-refractivity contribution is 0.973. The van der Waals surface area contributed by atoms with Gasteiger partial charge in [0.15, 0.2) is 0 Å². The number of hydrogen-bond acceptors (Lipinski definition) is 3. The summed E-state index contributed by atoms with van der Waals surface area (Å²) in [4.78, 5) is 0. The van der Waals surface area contributed by atoms with E-state index >= 15 is 0 Å². The molecule has 2 N–H and O–H groups in total. The van der Waals surface area contributed by atoms with Crippen LogP contribution in [0.1, 0.15) is 46.0 Å². The van der Waals surface area contributed by atoms with Gasteiger partial charge in [-0.3, -0.25) is 0 Å². The maximum atomic E-state index is 5.56. The minimum Gasteiger partial charge on any atom is -0.397 e. The summed E-state index contributed by atoms with van der Waals surface area (Å²) in [5.41, 5.74) is 7.65. The molecular formula is C14H27N3. The molecule has 0 fully saturated rings. The van der Waals surface area contributed by atoms with Crippen LogP contribution in [0.25, 0.3) is 6.08 Å². The van der Waals surface area contributed by atoms with Gasteiger partial charge >= 0.3 is 0 Å². The average Bonchev–Trinajstić information content (AvgIpc) is 2.35. The molecule has 3 heteroatoms. The van der Waals surface area contributed by atoms with Crippen molar-refractivity contribution in [1.82, 2.24) is 10.2 Å². The molecule has 0 amide bonds. The molecule has 0 saturated carbocycles. The summed E-state index contributed by atoms with van der Waals surface area (Å²) < 4.78 is 0. The van der Waals surface area contributed by atoms with Crippen molar-refractivity contribution in [3.8, 4) is 0 Å². The first-order chi connectivity index (χ1) is 8.15. The maximum Gasteiger partial charge on any atom is 0.108 e. The van der Waals surface area contributed by atoms with E-state index < -0.39 is 0 Å². The number of nitrogens with zero attached hydrogens (tertiary/aromatic N) is 2. The number of anilines is 1. The van der Waals surface area contributed by atoms with E-state index in [9.17, 15) is 0 Å². The summed E-state index contributed by atoms with van der Waals surface area (Å²) in [5, 5.41) is 7.61. The Morgan fingerprint density at radius 2 is 1.53 bits per heavy atom. The third-order valence-corrected chi connectivity index (χ3v) is 1.17.